The van der Waals surface area contributed by atoms with Crippen LogP contribution in [0.1, 0.15) is 12.2 Å². The maximum Gasteiger partial charge on any atom is 0.233 e. The van der Waals surface area contributed by atoms with Gasteiger partial charge in [0.15, 0.2) is 0 Å². The molecule has 5 nitrogen and oxygen atoms in total. The van der Waals surface area contributed by atoms with Gasteiger partial charge >= 0.3 is 0 Å². The number of carbonyl (C=O) groups is 1. The Kier molecular flexibility index (Phi) is 5.70. The number of amides is 1. The topological polar surface area (TPSA) is 70.1 Å². The Morgan fingerprint density at radius 2 is 2.08 bits per heavy atom. The SMILES string of the molecule is N#CCCN(Cc1ccco1)C(=O)CSc1ccc2ccccc2n1. The third-order valence-electron chi connectivity index (χ3n) is 3.69. The van der Waals surface area contributed by atoms with E-state index >= 15 is 0 Å². The summed E-state index contributed by atoms with van der Waals surface area (Å²) in [5.41, 5.74) is 0.914. The lowest BCUT2D eigenvalue weighted by atomic mass is 10.2. The predicted molar refractivity (Wildman–Crippen MR) is 96.8 cm³/mol. The Labute approximate surface area is 150 Å². The van der Waals surface area contributed by atoms with Gasteiger partial charge in [-0.1, -0.05) is 36.0 Å². The van der Waals surface area contributed by atoms with E-state index in [0.717, 1.165) is 15.9 Å². The highest BCUT2D eigenvalue weighted by Crippen LogP contribution is 2.20. The van der Waals surface area contributed by atoms with Crippen molar-refractivity contribution in [2.45, 2.75) is 18.0 Å². The molecule has 1 aromatic carbocycles. The summed E-state index contributed by atoms with van der Waals surface area (Å²) in [4.78, 5) is 18.8. The normalized spacial score (nSPS) is 10.5. The molecule has 2 heterocycles. The van der Waals surface area contributed by atoms with Gasteiger partial charge in [0.05, 0.1) is 41.6 Å². The van der Waals surface area contributed by atoms with Crippen LogP contribution in [0.3, 0.4) is 0 Å². The number of hydrogen-bond acceptors (Lipinski definition) is 5. The third-order valence-corrected chi connectivity index (χ3v) is 4.60. The highest BCUT2D eigenvalue weighted by atomic mass is 32.2. The van der Waals surface area contributed by atoms with E-state index in [2.05, 4.69) is 11.1 Å². The first-order valence-electron chi connectivity index (χ1n) is 7.92. The monoisotopic (exact) mass is 351 g/mol. The Morgan fingerprint density at radius 3 is 2.88 bits per heavy atom. The molecule has 6 heteroatoms. The van der Waals surface area contributed by atoms with Crippen molar-refractivity contribution < 1.29 is 9.21 Å². The number of carbonyl (C=O) groups excluding carboxylic acids is 1. The lowest BCUT2D eigenvalue weighted by Gasteiger charge is -2.20. The van der Waals surface area contributed by atoms with Crippen molar-refractivity contribution in [1.29, 1.82) is 5.26 Å². The van der Waals surface area contributed by atoms with Crippen LogP contribution >= 0.6 is 11.8 Å². The van der Waals surface area contributed by atoms with E-state index in [0.29, 0.717) is 25.3 Å². The number of furan rings is 1. The molecule has 3 rings (SSSR count). The molecule has 0 aliphatic heterocycles. The molecule has 25 heavy (non-hydrogen) atoms. The molecule has 0 bridgehead atoms. The van der Waals surface area contributed by atoms with Crippen LogP contribution in [-0.2, 0) is 11.3 Å². The zero-order chi connectivity index (χ0) is 17.5. The molecular formula is C19H17N3O2S. The minimum atomic E-state index is -0.0355. The summed E-state index contributed by atoms with van der Waals surface area (Å²) in [5, 5.41) is 10.7. The molecule has 0 saturated heterocycles. The zero-order valence-corrected chi connectivity index (χ0v) is 14.4. The zero-order valence-electron chi connectivity index (χ0n) is 13.6. The van der Waals surface area contributed by atoms with Crippen LogP contribution in [0.2, 0.25) is 0 Å². The summed E-state index contributed by atoms with van der Waals surface area (Å²) in [5.74, 6) is 0.948. The summed E-state index contributed by atoms with van der Waals surface area (Å²) in [6, 6.07) is 17.5. The van der Waals surface area contributed by atoms with Crippen LogP contribution in [0, 0.1) is 11.3 Å². The second kappa shape index (κ2) is 8.36. The van der Waals surface area contributed by atoms with Gasteiger partial charge in [-0.05, 0) is 24.3 Å². The summed E-state index contributed by atoms with van der Waals surface area (Å²) < 4.78 is 5.31. The number of rotatable bonds is 7. The lowest BCUT2D eigenvalue weighted by molar-refractivity contribution is -0.129. The number of nitrogens with zero attached hydrogens (tertiary/aromatic N) is 3. The van der Waals surface area contributed by atoms with Crippen molar-refractivity contribution in [2.24, 2.45) is 0 Å². The second-order valence-electron chi connectivity index (χ2n) is 5.43. The van der Waals surface area contributed by atoms with Crippen LogP contribution < -0.4 is 0 Å². The highest BCUT2D eigenvalue weighted by molar-refractivity contribution is 7.99. The van der Waals surface area contributed by atoms with Crippen molar-refractivity contribution in [3.63, 3.8) is 0 Å². The van der Waals surface area contributed by atoms with Gasteiger partial charge in [-0.15, -0.1) is 0 Å². The first-order valence-corrected chi connectivity index (χ1v) is 8.90. The molecule has 0 spiro atoms. The van der Waals surface area contributed by atoms with Crippen LogP contribution in [0.4, 0.5) is 0 Å². The Bertz CT molecular complexity index is 887. The number of para-hydroxylation sites is 1. The van der Waals surface area contributed by atoms with Crippen LogP contribution in [0.25, 0.3) is 10.9 Å². The van der Waals surface area contributed by atoms with Crippen molar-refractivity contribution in [3.05, 3.63) is 60.6 Å². The molecule has 0 N–H and O–H groups in total. The Hall–Kier alpha value is -2.78. The number of thioether (sulfide) groups is 1. The fourth-order valence-corrected chi connectivity index (χ4v) is 3.20. The summed E-state index contributed by atoms with van der Waals surface area (Å²) in [6.45, 7) is 0.765. The quantitative estimate of drug-likeness (QED) is 0.605. The summed E-state index contributed by atoms with van der Waals surface area (Å²) in [7, 11) is 0. The van der Waals surface area contributed by atoms with Crippen LogP contribution in [-0.4, -0.2) is 28.1 Å². The van der Waals surface area contributed by atoms with Crippen molar-refractivity contribution in [2.75, 3.05) is 12.3 Å². The van der Waals surface area contributed by atoms with Gasteiger partial charge in [-0.2, -0.15) is 5.26 Å². The molecule has 0 aliphatic carbocycles. The molecule has 0 radical (unpaired) electrons. The van der Waals surface area contributed by atoms with E-state index in [4.69, 9.17) is 9.68 Å². The Morgan fingerprint density at radius 1 is 1.20 bits per heavy atom. The van der Waals surface area contributed by atoms with E-state index in [1.54, 1.807) is 17.2 Å². The third kappa shape index (κ3) is 4.61. The van der Waals surface area contributed by atoms with E-state index in [1.807, 2.05) is 42.5 Å². The maximum atomic E-state index is 12.5. The number of hydrogen-bond donors (Lipinski definition) is 0. The molecule has 126 valence electrons. The number of pyridine rings is 1. The molecule has 0 aliphatic rings. The van der Waals surface area contributed by atoms with Gasteiger partial charge in [0.2, 0.25) is 5.91 Å². The second-order valence-corrected chi connectivity index (χ2v) is 6.43. The number of nitriles is 1. The summed E-state index contributed by atoms with van der Waals surface area (Å²) in [6.07, 6.45) is 1.88. The average Bonchev–Trinajstić information content (AvgIpc) is 3.16. The highest BCUT2D eigenvalue weighted by Gasteiger charge is 2.15. The fourth-order valence-electron chi connectivity index (χ4n) is 2.42. The molecular weight excluding hydrogens is 334 g/mol. The first kappa shape index (κ1) is 17.1. The minimum Gasteiger partial charge on any atom is -0.467 e. The molecule has 2 aromatic heterocycles. The van der Waals surface area contributed by atoms with Crippen molar-refractivity contribution in [1.82, 2.24) is 9.88 Å². The molecule has 3 aromatic rings. The van der Waals surface area contributed by atoms with E-state index < -0.39 is 0 Å². The number of fused-ring (bicyclic) bond motifs is 1. The molecule has 0 atom stereocenters. The smallest absolute Gasteiger partial charge is 0.233 e. The predicted octanol–water partition coefficient (Wildman–Crippen LogP) is 3.86. The van der Waals surface area contributed by atoms with Gasteiger partial charge in [0, 0.05) is 11.9 Å². The number of aromatic nitrogens is 1. The van der Waals surface area contributed by atoms with E-state index in [9.17, 15) is 4.79 Å². The Balaban J connectivity index is 1.64. The number of benzene rings is 1. The molecule has 0 fully saturated rings. The average molecular weight is 351 g/mol. The molecule has 1 amide bonds. The van der Waals surface area contributed by atoms with Crippen LogP contribution in [0.5, 0.6) is 0 Å². The van der Waals surface area contributed by atoms with Crippen LogP contribution in [0.15, 0.2) is 64.2 Å². The largest absolute Gasteiger partial charge is 0.467 e. The standard InChI is InChI=1S/C19H17N3O2S/c20-10-4-11-22(13-16-6-3-12-24-16)19(23)14-25-18-9-8-15-5-1-2-7-17(15)21-18/h1-3,5-9,12H,4,11,13-14H2. The lowest BCUT2D eigenvalue weighted by Crippen LogP contribution is -2.32. The van der Waals surface area contributed by atoms with E-state index in [-0.39, 0.29) is 11.7 Å². The van der Waals surface area contributed by atoms with Gasteiger partial charge in [-0.3, -0.25) is 4.79 Å². The fraction of sp³-hybridized carbons (Fsp3) is 0.211. The van der Waals surface area contributed by atoms with Crippen molar-refractivity contribution >= 4 is 28.6 Å². The van der Waals surface area contributed by atoms with Crippen molar-refractivity contribution in [3.8, 4) is 6.07 Å². The first-order chi connectivity index (χ1) is 12.3. The van der Waals surface area contributed by atoms with Gasteiger partial charge in [0.25, 0.3) is 0 Å². The minimum absolute atomic E-state index is 0.0355. The molecule has 0 saturated carbocycles. The van der Waals surface area contributed by atoms with Gasteiger partial charge in [0.1, 0.15) is 5.76 Å². The van der Waals surface area contributed by atoms with E-state index in [1.165, 1.54) is 11.8 Å². The maximum absolute atomic E-state index is 12.5. The van der Waals surface area contributed by atoms with Gasteiger partial charge < -0.3 is 9.32 Å². The van der Waals surface area contributed by atoms with Gasteiger partial charge in [-0.25, -0.2) is 4.98 Å². The molecule has 0 unspecified atom stereocenters. The summed E-state index contributed by atoms with van der Waals surface area (Å²) >= 11 is 1.40.